The number of rotatable bonds is 2. The summed E-state index contributed by atoms with van der Waals surface area (Å²) in [6.07, 6.45) is 1.26. The topological polar surface area (TPSA) is 36.4 Å². The summed E-state index contributed by atoms with van der Waals surface area (Å²) in [5.41, 5.74) is 0.848. The predicted octanol–water partition coefficient (Wildman–Crippen LogP) is 1.20. The summed E-state index contributed by atoms with van der Waals surface area (Å²) in [6, 6.07) is 3.77. The van der Waals surface area contributed by atoms with Crippen molar-refractivity contribution in [1.29, 1.82) is 0 Å². The molecule has 0 radical (unpaired) electrons. The van der Waals surface area contributed by atoms with E-state index in [0.29, 0.717) is 0 Å². The van der Waals surface area contributed by atoms with E-state index in [4.69, 9.17) is 0 Å². The first-order chi connectivity index (χ1) is 5.61. The van der Waals surface area contributed by atoms with Crippen LogP contribution < -0.4 is 4.90 Å². The van der Waals surface area contributed by atoms with E-state index in [9.17, 15) is 5.11 Å². The molecule has 3 nitrogen and oxygen atoms in total. The van der Waals surface area contributed by atoms with Crippen molar-refractivity contribution < 1.29 is 5.11 Å². The molecule has 12 heavy (non-hydrogen) atoms. The van der Waals surface area contributed by atoms with Gasteiger partial charge in [-0.2, -0.15) is 0 Å². The molecule has 0 saturated heterocycles. The zero-order valence-electron chi connectivity index (χ0n) is 7.65. The van der Waals surface area contributed by atoms with E-state index in [0.717, 1.165) is 11.4 Å². The van der Waals surface area contributed by atoms with Crippen molar-refractivity contribution in [1.82, 2.24) is 4.98 Å². The van der Waals surface area contributed by atoms with Crippen molar-refractivity contribution in [3.8, 4) is 0 Å². The van der Waals surface area contributed by atoms with Gasteiger partial charge in [-0.05, 0) is 18.6 Å². The van der Waals surface area contributed by atoms with Gasteiger partial charge in [0.2, 0.25) is 0 Å². The molecule has 3 heteroatoms. The number of aromatic nitrogens is 1. The van der Waals surface area contributed by atoms with Gasteiger partial charge in [0, 0.05) is 20.3 Å². The standard InChI is InChI=1S/C9H14N2O/c1-7(12)8-4-5-9(10-6-8)11(2)3/h4-7,12H,1-3H3/t7-/m0/s1. The molecule has 0 aliphatic rings. The first kappa shape index (κ1) is 9.00. The Hall–Kier alpha value is -1.09. The second-order valence-corrected chi connectivity index (χ2v) is 3.02. The Morgan fingerprint density at radius 2 is 2.08 bits per heavy atom. The quantitative estimate of drug-likeness (QED) is 0.717. The van der Waals surface area contributed by atoms with Gasteiger partial charge in [-0.25, -0.2) is 4.98 Å². The highest BCUT2D eigenvalue weighted by Crippen LogP contribution is 2.13. The Balaban J connectivity index is 2.86. The molecule has 0 amide bonds. The van der Waals surface area contributed by atoms with E-state index in [1.807, 2.05) is 31.1 Å². The molecule has 1 rings (SSSR count). The maximum Gasteiger partial charge on any atom is 0.127 e. The van der Waals surface area contributed by atoms with Crippen LogP contribution >= 0.6 is 0 Å². The minimum Gasteiger partial charge on any atom is -0.389 e. The Bertz CT molecular complexity index is 214. The van der Waals surface area contributed by atoms with E-state index in [-0.39, 0.29) is 0 Å². The number of hydrogen-bond donors (Lipinski definition) is 1. The van der Waals surface area contributed by atoms with Crippen LogP contribution in [0.2, 0.25) is 0 Å². The Labute approximate surface area is 72.7 Å². The predicted molar refractivity (Wildman–Crippen MR) is 49.2 cm³/mol. The minimum atomic E-state index is -0.436. The molecule has 1 heterocycles. The summed E-state index contributed by atoms with van der Waals surface area (Å²) < 4.78 is 0. The van der Waals surface area contributed by atoms with Gasteiger partial charge in [0.1, 0.15) is 5.82 Å². The Morgan fingerprint density at radius 1 is 1.42 bits per heavy atom. The van der Waals surface area contributed by atoms with E-state index in [1.54, 1.807) is 13.1 Å². The molecule has 0 bridgehead atoms. The average Bonchev–Trinajstić information content (AvgIpc) is 2.04. The minimum absolute atomic E-state index is 0.436. The van der Waals surface area contributed by atoms with Crippen LogP contribution in [0.25, 0.3) is 0 Å². The molecular weight excluding hydrogens is 152 g/mol. The summed E-state index contributed by atoms with van der Waals surface area (Å²) >= 11 is 0. The van der Waals surface area contributed by atoms with E-state index >= 15 is 0 Å². The lowest BCUT2D eigenvalue weighted by atomic mass is 10.2. The van der Waals surface area contributed by atoms with Gasteiger partial charge in [-0.1, -0.05) is 6.07 Å². The van der Waals surface area contributed by atoms with Gasteiger partial charge in [-0.15, -0.1) is 0 Å². The van der Waals surface area contributed by atoms with Crippen LogP contribution in [0.1, 0.15) is 18.6 Å². The van der Waals surface area contributed by atoms with Crippen LogP contribution in [-0.2, 0) is 0 Å². The third kappa shape index (κ3) is 1.95. The van der Waals surface area contributed by atoms with Gasteiger partial charge in [-0.3, -0.25) is 0 Å². The lowest BCUT2D eigenvalue weighted by molar-refractivity contribution is 0.199. The second kappa shape index (κ2) is 3.54. The van der Waals surface area contributed by atoms with Crippen molar-refractivity contribution in [3.05, 3.63) is 23.9 Å². The second-order valence-electron chi connectivity index (χ2n) is 3.02. The maximum absolute atomic E-state index is 9.20. The van der Waals surface area contributed by atoms with E-state index < -0.39 is 6.10 Å². The molecule has 1 aromatic rings. The number of pyridine rings is 1. The molecule has 0 spiro atoms. The first-order valence-electron chi connectivity index (χ1n) is 3.92. The largest absolute Gasteiger partial charge is 0.389 e. The van der Waals surface area contributed by atoms with Crippen LogP contribution in [-0.4, -0.2) is 24.2 Å². The van der Waals surface area contributed by atoms with Gasteiger partial charge < -0.3 is 10.0 Å². The summed E-state index contributed by atoms with van der Waals surface area (Å²) in [4.78, 5) is 6.09. The van der Waals surface area contributed by atoms with E-state index in [2.05, 4.69) is 4.98 Å². The highest BCUT2D eigenvalue weighted by Gasteiger charge is 2.01. The van der Waals surface area contributed by atoms with Crippen molar-refractivity contribution in [2.75, 3.05) is 19.0 Å². The smallest absolute Gasteiger partial charge is 0.127 e. The molecule has 1 N–H and O–H groups in total. The van der Waals surface area contributed by atoms with Crippen molar-refractivity contribution in [3.63, 3.8) is 0 Å². The molecular formula is C9H14N2O. The van der Waals surface area contributed by atoms with Gasteiger partial charge in [0.25, 0.3) is 0 Å². The summed E-state index contributed by atoms with van der Waals surface area (Å²) in [7, 11) is 3.87. The molecule has 0 fully saturated rings. The highest BCUT2D eigenvalue weighted by molar-refractivity contribution is 5.37. The molecule has 1 atom stereocenters. The fourth-order valence-electron chi connectivity index (χ4n) is 0.909. The van der Waals surface area contributed by atoms with Crippen LogP contribution in [0.3, 0.4) is 0 Å². The van der Waals surface area contributed by atoms with Crippen molar-refractivity contribution >= 4 is 5.82 Å². The molecule has 0 unspecified atom stereocenters. The Kier molecular flexibility index (Phi) is 2.65. The van der Waals surface area contributed by atoms with Gasteiger partial charge >= 0.3 is 0 Å². The molecule has 0 aromatic carbocycles. The average molecular weight is 166 g/mol. The monoisotopic (exact) mass is 166 g/mol. The summed E-state index contributed by atoms with van der Waals surface area (Å²) in [6.45, 7) is 1.73. The normalized spacial score (nSPS) is 12.7. The number of hydrogen-bond acceptors (Lipinski definition) is 3. The lowest BCUT2D eigenvalue weighted by Crippen LogP contribution is -2.10. The molecule has 66 valence electrons. The number of anilines is 1. The zero-order valence-corrected chi connectivity index (χ0v) is 7.65. The molecule has 1 aromatic heterocycles. The van der Waals surface area contributed by atoms with E-state index in [1.165, 1.54) is 0 Å². The van der Waals surface area contributed by atoms with Gasteiger partial charge in [0.15, 0.2) is 0 Å². The highest BCUT2D eigenvalue weighted by atomic mass is 16.3. The summed E-state index contributed by atoms with van der Waals surface area (Å²) in [5, 5.41) is 9.20. The molecule has 0 saturated carbocycles. The molecule has 0 aliphatic heterocycles. The summed E-state index contributed by atoms with van der Waals surface area (Å²) in [5.74, 6) is 0.902. The van der Waals surface area contributed by atoms with Gasteiger partial charge in [0.05, 0.1) is 6.10 Å². The van der Waals surface area contributed by atoms with Crippen molar-refractivity contribution in [2.45, 2.75) is 13.0 Å². The molecule has 0 aliphatic carbocycles. The number of aliphatic hydroxyl groups is 1. The maximum atomic E-state index is 9.20. The van der Waals surface area contributed by atoms with Crippen LogP contribution in [0, 0.1) is 0 Å². The fraction of sp³-hybridized carbons (Fsp3) is 0.444. The van der Waals surface area contributed by atoms with Crippen LogP contribution in [0.15, 0.2) is 18.3 Å². The van der Waals surface area contributed by atoms with Crippen molar-refractivity contribution in [2.24, 2.45) is 0 Å². The first-order valence-corrected chi connectivity index (χ1v) is 3.92. The van der Waals surface area contributed by atoms with Crippen LogP contribution in [0.4, 0.5) is 5.82 Å². The fourth-order valence-corrected chi connectivity index (χ4v) is 0.909. The Morgan fingerprint density at radius 3 is 2.42 bits per heavy atom. The zero-order chi connectivity index (χ0) is 9.14. The lowest BCUT2D eigenvalue weighted by Gasteiger charge is -2.11. The van der Waals surface area contributed by atoms with Crippen LogP contribution in [0.5, 0.6) is 0 Å². The third-order valence-corrected chi connectivity index (χ3v) is 1.71. The SMILES string of the molecule is C[C@H](O)c1ccc(N(C)C)nc1. The number of aliphatic hydroxyl groups excluding tert-OH is 1. The number of nitrogens with zero attached hydrogens (tertiary/aromatic N) is 2. The third-order valence-electron chi connectivity index (χ3n) is 1.71.